The smallest absolute Gasteiger partial charge is 0.270 e. The molecule has 2 aromatic heterocycles. The highest BCUT2D eigenvalue weighted by molar-refractivity contribution is 6.33. The van der Waals surface area contributed by atoms with Gasteiger partial charge in [-0.3, -0.25) is 19.3 Å². The van der Waals surface area contributed by atoms with Crippen molar-refractivity contribution in [1.82, 2.24) is 20.1 Å². The Bertz CT molecular complexity index is 1260. The van der Waals surface area contributed by atoms with E-state index in [1.165, 1.54) is 10.9 Å². The summed E-state index contributed by atoms with van der Waals surface area (Å²) in [4.78, 5) is 30.8. The first-order valence-electron chi connectivity index (χ1n) is 12.3. The maximum Gasteiger partial charge on any atom is 0.270 e. The molecule has 4 rings (SSSR count). The van der Waals surface area contributed by atoms with E-state index < -0.39 is 36.1 Å². The third-order valence-electron chi connectivity index (χ3n) is 6.64. The number of benzene rings is 1. The van der Waals surface area contributed by atoms with Crippen molar-refractivity contribution in [3.63, 3.8) is 0 Å². The first kappa shape index (κ1) is 26.7. The van der Waals surface area contributed by atoms with Gasteiger partial charge in [-0.05, 0) is 69.4 Å². The van der Waals surface area contributed by atoms with Crippen molar-refractivity contribution in [1.29, 1.82) is 0 Å². The number of anilines is 1. The molecule has 0 bridgehead atoms. The lowest BCUT2D eigenvalue weighted by molar-refractivity contribution is -0.121. The second-order valence-corrected chi connectivity index (χ2v) is 10.1. The van der Waals surface area contributed by atoms with Crippen molar-refractivity contribution in [3.05, 3.63) is 65.2 Å². The molecular weight excluding hydrogens is 500 g/mol. The molecule has 1 aliphatic carbocycles. The van der Waals surface area contributed by atoms with Crippen LogP contribution in [0.2, 0.25) is 5.02 Å². The van der Waals surface area contributed by atoms with Gasteiger partial charge in [0.15, 0.2) is 0 Å². The van der Waals surface area contributed by atoms with E-state index >= 15 is 0 Å². The summed E-state index contributed by atoms with van der Waals surface area (Å²) < 4.78 is 30.1. The molecule has 1 fully saturated rings. The van der Waals surface area contributed by atoms with E-state index in [0.717, 1.165) is 16.8 Å². The third-order valence-corrected chi connectivity index (χ3v) is 6.96. The minimum Gasteiger partial charge on any atom is -0.339 e. The maximum absolute atomic E-state index is 14.3. The van der Waals surface area contributed by atoms with Crippen LogP contribution in [-0.4, -0.2) is 38.5 Å². The van der Waals surface area contributed by atoms with Gasteiger partial charge in [0.05, 0.1) is 5.02 Å². The quantitative estimate of drug-likeness (QED) is 0.390. The summed E-state index contributed by atoms with van der Waals surface area (Å²) in [6.07, 6.45) is 3.14. The number of nitrogens with zero attached hydrogens (tertiary/aromatic N) is 3. The van der Waals surface area contributed by atoms with Crippen LogP contribution in [0.4, 0.5) is 14.5 Å². The monoisotopic (exact) mass is 529 g/mol. The Hall–Kier alpha value is -3.33. The number of carbonyl (C=O) groups is 2. The van der Waals surface area contributed by atoms with Crippen molar-refractivity contribution >= 4 is 29.1 Å². The molecule has 1 aliphatic rings. The number of halogens is 3. The number of carbonyl (C=O) groups excluding carboxylic acids is 2. The molecule has 7 nitrogen and oxygen atoms in total. The van der Waals surface area contributed by atoms with Crippen LogP contribution in [0, 0.1) is 12.8 Å². The molecule has 196 valence electrons. The van der Waals surface area contributed by atoms with E-state index in [4.69, 9.17) is 11.6 Å². The molecule has 2 heterocycles. The lowest BCUT2D eigenvalue weighted by atomic mass is 9.81. The number of hydrogen-bond acceptors (Lipinski definition) is 4. The Kier molecular flexibility index (Phi) is 7.92. The summed E-state index contributed by atoms with van der Waals surface area (Å²) in [5.41, 5.74) is 3.13. The Labute approximate surface area is 219 Å². The van der Waals surface area contributed by atoms with Gasteiger partial charge < -0.3 is 10.6 Å². The standard InChI is InChI=1S/C27H30ClF2N5O2/c1-16(2)35-22(11-14-32-35)25(36)34-24(19-5-4-12-27(29,30)15-19)26(37)33-20-8-6-18(7-9-20)23-17(3)31-13-10-21(23)28/h6-11,13-14,16,19,24H,4-5,12,15H2,1-3H3,(H,33,37)(H,34,36). The fourth-order valence-corrected chi connectivity index (χ4v) is 5.14. The number of alkyl halides is 2. The van der Waals surface area contributed by atoms with E-state index in [2.05, 4.69) is 20.7 Å². The summed E-state index contributed by atoms with van der Waals surface area (Å²) >= 11 is 6.34. The highest BCUT2D eigenvalue weighted by atomic mass is 35.5. The van der Waals surface area contributed by atoms with Gasteiger partial charge in [0.25, 0.3) is 5.91 Å². The minimum atomic E-state index is -2.88. The van der Waals surface area contributed by atoms with Crippen molar-refractivity contribution in [2.75, 3.05) is 5.32 Å². The second-order valence-electron chi connectivity index (χ2n) is 9.74. The van der Waals surface area contributed by atoms with E-state index in [0.29, 0.717) is 17.1 Å². The average molecular weight is 530 g/mol. The zero-order valence-corrected chi connectivity index (χ0v) is 21.7. The fourth-order valence-electron chi connectivity index (χ4n) is 4.84. The van der Waals surface area contributed by atoms with Crippen LogP contribution >= 0.6 is 11.6 Å². The molecule has 2 atom stereocenters. The fraction of sp³-hybridized carbons (Fsp3) is 0.407. The largest absolute Gasteiger partial charge is 0.339 e. The third kappa shape index (κ3) is 6.15. The van der Waals surface area contributed by atoms with Crippen molar-refractivity contribution < 1.29 is 18.4 Å². The summed E-state index contributed by atoms with van der Waals surface area (Å²) in [5, 5.41) is 10.2. The molecule has 0 saturated heterocycles. The molecule has 0 spiro atoms. The van der Waals surface area contributed by atoms with Gasteiger partial charge >= 0.3 is 0 Å². The lowest BCUT2D eigenvalue weighted by Crippen LogP contribution is -2.51. The summed E-state index contributed by atoms with van der Waals surface area (Å²) in [6, 6.07) is 9.05. The van der Waals surface area contributed by atoms with Crippen LogP contribution in [-0.2, 0) is 4.79 Å². The van der Waals surface area contributed by atoms with Gasteiger partial charge in [0, 0.05) is 48.2 Å². The van der Waals surface area contributed by atoms with Crippen molar-refractivity contribution in [2.45, 2.75) is 64.5 Å². The van der Waals surface area contributed by atoms with Crippen LogP contribution in [0.15, 0.2) is 48.8 Å². The molecule has 1 saturated carbocycles. The number of aryl methyl sites for hydroxylation is 1. The van der Waals surface area contributed by atoms with Crippen molar-refractivity contribution in [3.8, 4) is 11.1 Å². The zero-order valence-electron chi connectivity index (χ0n) is 21.0. The van der Waals surface area contributed by atoms with E-state index in [-0.39, 0.29) is 24.6 Å². The normalized spacial score (nSPS) is 17.9. The van der Waals surface area contributed by atoms with E-state index in [1.807, 2.05) is 20.8 Å². The molecule has 2 amide bonds. The number of nitrogens with one attached hydrogen (secondary N) is 2. The van der Waals surface area contributed by atoms with Gasteiger partial charge in [-0.2, -0.15) is 5.10 Å². The van der Waals surface area contributed by atoms with Crippen LogP contribution in [0.25, 0.3) is 11.1 Å². The SMILES string of the molecule is Cc1nccc(Cl)c1-c1ccc(NC(=O)C(NC(=O)c2ccnn2C(C)C)C2CCCC(F)(F)C2)cc1. The average Bonchev–Trinajstić information content (AvgIpc) is 3.33. The zero-order chi connectivity index (χ0) is 26.7. The van der Waals surface area contributed by atoms with E-state index in [9.17, 15) is 18.4 Å². The summed E-state index contributed by atoms with van der Waals surface area (Å²) in [7, 11) is 0. The molecule has 0 radical (unpaired) electrons. The Morgan fingerprint density at radius 1 is 1.14 bits per heavy atom. The highest BCUT2D eigenvalue weighted by Gasteiger charge is 2.42. The Morgan fingerprint density at radius 3 is 2.51 bits per heavy atom. The molecule has 2 N–H and O–H groups in total. The molecule has 0 aliphatic heterocycles. The number of hydrogen-bond donors (Lipinski definition) is 2. The molecule has 37 heavy (non-hydrogen) atoms. The van der Waals surface area contributed by atoms with Gasteiger partial charge in [-0.1, -0.05) is 23.7 Å². The van der Waals surface area contributed by atoms with Crippen molar-refractivity contribution in [2.24, 2.45) is 5.92 Å². The van der Waals surface area contributed by atoms with Gasteiger partial charge in [-0.15, -0.1) is 0 Å². The van der Waals surface area contributed by atoms with Crippen LogP contribution < -0.4 is 10.6 Å². The molecular formula is C27H30ClF2N5O2. The topological polar surface area (TPSA) is 88.9 Å². The maximum atomic E-state index is 14.3. The first-order valence-corrected chi connectivity index (χ1v) is 12.7. The number of aromatic nitrogens is 3. The lowest BCUT2D eigenvalue weighted by Gasteiger charge is -2.34. The van der Waals surface area contributed by atoms with Crippen LogP contribution in [0.5, 0.6) is 0 Å². The van der Waals surface area contributed by atoms with Crippen LogP contribution in [0.1, 0.15) is 61.8 Å². The van der Waals surface area contributed by atoms with Gasteiger partial charge in [-0.25, -0.2) is 8.78 Å². The molecule has 1 aromatic carbocycles. The number of rotatable bonds is 7. The van der Waals surface area contributed by atoms with Gasteiger partial charge in [0.2, 0.25) is 11.8 Å². The molecule has 3 aromatic rings. The number of amides is 2. The predicted octanol–water partition coefficient (Wildman–Crippen LogP) is 6.05. The first-order chi connectivity index (χ1) is 17.6. The number of pyridine rings is 1. The predicted molar refractivity (Wildman–Crippen MR) is 139 cm³/mol. The Balaban J connectivity index is 1.56. The molecule has 10 heteroatoms. The van der Waals surface area contributed by atoms with E-state index in [1.54, 1.807) is 42.6 Å². The second kappa shape index (κ2) is 11.0. The summed E-state index contributed by atoms with van der Waals surface area (Å²) in [6.45, 7) is 5.61. The summed E-state index contributed by atoms with van der Waals surface area (Å²) in [5.74, 6) is -4.67. The van der Waals surface area contributed by atoms with Gasteiger partial charge in [0.1, 0.15) is 11.7 Å². The minimum absolute atomic E-state index is 0.0856. The highest BCUT2D eigenvalue weighted by Crippen LogP contribution is 2.38. The van der Waals surface area contributed by atoms with Crippen LogP contribution in [0.3, 0.4) is 0 Å². The molecule has 2 unspecified atom stereocenters. The Morgan fingerprint density at radius 2 is 1.86 bits per heavy atom.